The summed E-state index contributed by atoms with van der Waals surface area (Å²) in [4.78, 5) is 13.1. The van der Waals surface area contributed by atoms with Gasteiger partial charge in [0.2, 0.25) is 0 Å². The fourth-order valence-electron chi connectivity index (χ4n) is 2.67. The van der Waals surface area contributed by atoms with Crippen molar-refractivity contribution >= 4 is 11.3 Å². The maximum Gasteiger partial charge on any atom is 0.107 e. The Morgan fingerprint density at radius 2 is 2.15 bits per heavy atom. The molecule has 0 bridgehead atoms. The Morgan fingerprint density at radius 3 is 2.90 bits per heavy atom. The summed E-state index contributed by atoms with van der Waals surface area (Å²) in [6.45, 7) is 3.12. The minimum absolute atomic E-state index is 0.317. The van der Waals surface area contributed by atoms with Crippen LogP contribution >= 0.6 is 11.3 Å². The van der Waals surface area contributed by atoms with Gasteiger partial charge in [0, 0.05) is 17.1 Å². The minimum atomic E-state index is 0.317. The largest absolute Gasteiger partial charge is 0.291 e. The molecule has 0 saturated heterocycles. The van der Waals surface area contributed by atoms with Crippen molar-refractivity contribution in [2.24, 2.45) is 0 Å². The van der Waals surface area contributed by atoms with Gasteiger partial charge >= 0.3 is 0 Å². The van der Waals surface area contributed by atoms with Crippen molar-refractivity contribution in [3.05, 3.63) is 45.7 Å². The lowest BCUT2D eigenvalue weighted by molar-refractivity contribution is 0.248. The van der Waals surface area contributed by atoms with E-state index < -0.39 is 0 Å². The molecule has 0 unspecified atom stereocenters. The van der Waals surface area contributed by atoms with Crippen LogP contribution in [0.2, 0.25) is 0 Å². The molecule has 4 heteroatoms. The predicted octanol–water partition coefficient (Wildman–Crippen LogP) is 3.61. The van der Waals surface area contributed by atoms with Gasteiger partial charge in [-0.1, -0.05) is 6.07 Å². The first kappa shape index (κ1) is 13.7. The Balaban J connectivity index is 1.69. The highest BCUT2D eigenvalue weighted by molar-refractivity contribution is 7.11. The van der Waals surface area contributed by atoms with Gasteiger partial charge in [-0.15, -0.1) is 11.3 Å². The molecule has 106 valence electrons. The Morgan fingerprint density at radius 1 is 1.30 bits per heavy atom. The molecule has 0 fully saturated rings. The van der Waals surface area contributed by atoms with Gasteiger partial charge in [-0.2, -0.15) is 0 Å². The first-order valence-electron chi connectivity index (χ1n) is 7.32. The highest BCUT2D eigenvalue weighted by atomic mass is 32.1. The third-order valence-electron chi connectivity index (χ3n) is 4.05. The van der Waals surface area contributed by atoms with Gasteiger partial charge in [0.05, 0.1) is 17.9 Å². The maximum absolute atomic E-state index is 4.82. The molecule has 1 aliphatic carbocycles. The number of hydrogen-bond acceptors (Lipinski definition) is 4. The van der Waals surface area contributed by atoms with E-state index in [1.807, 2.05) is 23.6 Å². The average Bonchev–Trinajstić information content (AvgIpc) is 2.89. The van der Waals surface area contributed by atoms with Gasteiger partial charge in [0.1, 0.15) is 5.01 Å². The second kappa shape index (κ2) is 6.02. The molecule has 2 aromatic heterocycles. The van der Waals surface area contributed by atoms with Crippen molar-refractivity contribution in [1.29, 1.82) is 0 Å². The fraction of sp³-hybridized carbons (Fsp3) is 0.500. The monoisotopic (exact) mass is 287 g/mol. The molecule has 0 amide bonds. The Labute approximate surface area is 124 Å². The van der Waals surface area contributed by atoms with Gasteiger partial charge < -0.3 is 0 Å². The highest BCUT2D eigenvalue weighted by Gasteiger charge is 2.18. The zero-order valence-electron chi connectivity index (χ0n) is 12.2. The summed E-state index contributed by atoms with van der Waals surface area (Å²) < 4.78 is 0. The number of rotatable bonds is 4. The Hall–Kier alpha value is -1.26. The fourth-order valence-corrected chi connectivity index (χ4v) is 3.89. The third kappa shape index (κ3) is 2.91. The molecule has 0 aliphatic heterocycles. The van der Waals surface area contributed by atoms with Crippen LogP contribution in [0.4, 0.5) is 0 Å². The van der Waals surface area contributed by atoms with E-state index in [0.29, 0.717) is 6.04 Å². The minimum Gasteiger partial charge on any atom is -0.291 e. The van der Waals surface area contributed by atoms with Crippen molar-refractivity contribution < 1.29 is 0 Å². The normalized spacial score (nSPS) is 16.1. The highest BCUT2D eigenvalue weighted by Crippen LogP contribution is 2.28. The topological polar surface area (TPSA) is 29.0 Å². The van der Waals surface area contributed by atoms with Crippen molar-refractivity contribution in [3.63, 3.8) is 0 Å². The SMILES string of the molecule is C[C@H](c1ccccn1)N(C)Cc1nc2c(s1)CCCC2. The molecule has 0 N–H and O–H groups in total. The number of aryl methyl sites for hydroxylation is 2. The van der Waals surface area contributed by atoms with Crippen molar-refractivity contribution in [2.75, 3.05) is 7.05 Å². The molecular weight excluding hydrogens is 266 g/mol. The second-order valence-corrected chi connectivity index (χ2v) is 6.70. The van der Waals surface area contributed by atoms with Crippen molar-refractivity contribution in [1.82, 2.24) is 14.9 Å². The number of nitrogens with zero attached hydrogens (tertiary/aromatic N) is 3. The third-order valence-corrected chi connectivity index (χ3v) is 5.19. The van der Waals surface area contributed by atoms with E-state index in [1.54, 1.807) is 0 Å². The lowest BCUT2D eigenvalue weighted by Crippen LogP contribution is -2.22. The van der Waals surface area contributed by atoms with E-state index in [-0.39, 0.29) is 0 Å². The predicted molar refractivity (Wildman–Crippen MR) is 82.9 cm³/mol. The zero-order valence-corrected chi connectivity index (χ0v) is 13.0. The Bertz CT molecular complexity index is 541. The first-order chi connectivity index (χ1) is 9.74. The maximum atomic E-state index is 4.82. The van der Waals surface area contributed by atoms with Crippen LogP contribution in [0, 0.1) is 0 Å². The van der Waals surface area contributed by atoms with Crippen LogP contribution in [0.15, 0.2) is 24.4 Å². The average molecular weight is 287 g/mol. The quantitative estimate of drug-likeness (QED) is 0.860. The summed E-state index contributed by atoms with van der Waals surface area (Å²) >= 11 is 1.90. The number of thiazole rings is 1. The molecule has 2 heterocycles. The summed E-state index contributed by atoms with van der Waals surface area (Å²) in [6.07, 6.45) is 6.89. The zero-order chi connectivity index (χ0) is 13.9. The molecule has 0 saturated carbocycles. The van der Waals surface area contributed by atoms with E-state index in [2.05, 4.69) is 36.0 Å². The van der Waals surface area contributed by atoms with Crippen LogP contribution in [-0.4, -0.2) is 21.9 Å². The van der Waals surface area contributed by atoms with Crippen LogP contribution in [0.25, 0.3) is 0 Å². The molecule has 1 atom stereocenters. The lowest BCUT2D eigenvalue weighted by atomic mass is 10.0. The van der Waals surface area contributed by atoms with Gasteiger partial charge in [-0.25, -0.2) is 4.98 Å². The second-order valence-electron chi connectivity index (χ2n) is 5.53. The van der Waals surface area contributed by atoms with E-state index >= 15 is 0 Å². The van der Waals surface area contributed by atoms with Gasteiger partial charge in [-0.3, -0.25) is 9.88 Å². The van der Waals surface area contributed by atoms with E-state index in [4.69, 9.17) is 4.98 Å². The molecule has 20 heavy (non-hydrogen) atoms. The molecular formula is C16H21N3S. The van der Waals surface area contributed by atoms with Crippen LogP contribution in [-0.2, 0) is 19.4 Å². The molecule has 0 radical (unpaired) electrons. The number of aromatic nitrogens is 2. The van der Waals surface area contributed by atoms with Crippen LogP contribution in [0.3, 0.4) is 0 Å². The summed E-state index contributed by atoms with van der Waals surface area (Å²) in [7, 11) is 2.15. The molecule has 3 nitrogen and oxygen atoms in total. The molecule has 2 aromatic rings. The number of fused-ring (bicyclic) bond motifs is 1. The summed E-state index contributed by atoms with van der Waals surface area (Å²) in [6, 6.07) is 6.42. The van der Waals surface area contributed by atoms with Crippen LogP contribution in [0.5, 0.6) is 0 Å². The summed E-state index contributed by atoms with van der Waals surface area (Å²) in [5, 5.41) is 1.25. The van der Waals surface area contributed by atoms with Crippen molar-refractivity contribution in [3.8, 4) is 0 Å². The Kier molecular flexibility index (Phi) is 4.13. The number of hydrogen-bond donors (Lipinski definition) is 0. The molecule has 0 aromatic carbocycles. The smallest absolute Gasteiger partial charge is 0.107 e. The summed E-state index contributed by atoms with van der Waals surface area (Å²) in [5.74, 6) is 0. The van der Waals surface area contributed by atoms with Crippen LogP contribution in [0.1, 0.15) is 47.1 Å². The standard InChI is InChI=1S/C16H21N3S/c1-12(13-7-5-6-10-17-13)19(2)11-16-18-14-8-3-4-9-15(14)20-16/h5-7,10,12H,3-4,8-9,11H2,1-2H3/t12-/m1/s1. The lowest BCUT2D eigenvalue weighted by Gasteiger charge is -2.23. The van der Waals surface area contributed by atoms with Gasteiger partial charge in [0.15, 0.2) is 0 Å². The van der Waals surface area contributed by atoms with Gasteiger partial charge in [-0.05, 0) is 51.8 Å². The molecule has 3 rings (SSSR count). The van der Waals surface area contributed by atoms with Gasteiger partial charge in [0.25, 0.3) is 0 Å². The molecule has 1 aliphatic rings. The first-order valence-corrected chi connectivity index (χ1v) is 8.14. The molecule has 0 spiro atoms. The van der Waals surface area contributed by atoms with Crippen molar-refractivity contribution in [2.45, 2.75) is 45.2 Å². The summed E-state index contributed by atoms with van der Waals surface area (Å²) in [5.41, 5.74) is 2.48. The number of pyridine rings is 1. The van der Waals surface area contributed by atoms with E-state index in [0.717, 1.165) is 12.2 Å². The van der Waals surface area contributed by atoms with E-state index in [9.17, 15) is 0 Å². The van der Waals surface area contributed by atoms with E-state index in [1.165, 1.54) is 41.3 Å². The van der Waals surface area contributed by atoms with Crippen LogP contribution < -0.4 is 0 Å².